The summed E-state index contributed by atoms with van der Waals surface area (Å²) in [6, 6.07) is 24.4. The normalized spacial score (nSPS) is 12.1. The molecule has 3 rings (SSSR count). The summed E-state index contributed by atoms with van der Waals surface area (Å²) in [5.74, 6) is 0.519. The molecule has 3 aromatic rings. The van der Waals surface area contributed by atoms with Crippen LogP contribution in [-0.4, -0.2) is 34.2 Å². The van der Waals surface area contributed by atoms with Gasteiger partial charge >= 0.3 is 0 Å². The van der Waals surface area contributed by atoms with Crippen molar-refractivity contribution in [1.29, 1.82) is 0 Å². The molecule has 33 heavy (non-hydrogen) atoms. The average molecular weight is 467 g/mol. The summed E-state index contributed by atoms with van der Waals surface area (Å²) in [5, 5.41) is 3.13. The van der Waals surface area contributed by atoms with Crippen molar-refractivity contribution < 1.29 is 17.9 Å². The van der Waals surface area contributed by atoms with E-state index in [1.165, 1.54) is 10.6 Å². The predicted octanol–water partition coefficient (Wildman–Crippen LogP) is 4.46. The molecule has 0 aromatic heterocycles. The first kappa shape index (κ1) is 24.3. The Kier molecular flexibility index (Phi) is 8.11. The van der Waals surface area contributed by atoms with Crippen LogP contribution in [0.2, 0.25) is 0 Å². The Balaban J connectivity index is 1.69. The van der Waals surface area contributed by atoms with Crippen molar-refractivity contribution in [3.05, 3.63) is 95.6 Å². The number of hydrogen-bond acceptors (Lipinski definition) is 4. The second-order valence-corrected chi connectivity index (χ2v) is 9.81. The van der Waals surface area contributed by atoms with Gasteiger partial charge in [-0.1, -0.05) is 54.6 Å². The molecule has 1 N–H and O–H groups in total. The van der Waals surface area contributed by atoms with Crippen LogP contribution in [0.4, 0.5) is 5.69 Å². The molecule has 7 heteroatoms. The number of amides is 1. The lowest BCUT2D eigenvalue weighted by Gasteiger charge is -2.24. The van der Waals surface area contributed by atoms with Gasteiger partial charge in [-0.2, -0.15) is 0 Å². The molecule has 0 spiro atoms. The molecule has 0 unspecified atom stereocenters. The average Bonchev–Trinajstić information content (AvgIpc) is 2.81. The molecule has 0 saturated heterocycles. The van der Waals surface area contributed by atoms with E-state index in [9.17, 15) is 13.2 Å². The van der Waals surface area contributed by atoms with Crippen molar-refractivity contribution in [3.8, 4) is 5.75 Å². The van der Waals surface area contributed by atoms with Gasteiger partial charge in [-0.25, -0.2) is 8.42 Å². The number of rotatable bonds is 10. The summed E-state index contributed by atoms with van der Waals surface area (Å²) in [5.41, 5.74) is 3.67. The maximum atomic E-state index is 12.9. The van der Waals surface area contributed by atoms with Gasteiger partial charge in [0.2, 0.25) is 15.9 Å². The van der Waals surface area contributed by atoms with Gasteiger partial charge in [0.05, 0.1) is 25.1 Å². The smallest absolute Gasteiger partial charge is 0.232 e. The second kappa shape index (κ2) is 11.0. The van der Waals surface area contributed by atoms with Crippen LogP contribution < -0.4 is 14.4 Å². The highest BCUT2D eigenvalue weighted by atomic mass is 32.2. The molecular formula is C26H30N2O4S. The van der Waals surface area contributed by atoms with Gasteiger partial charge in [-0.05, 0) is 54.3 Å². The fourth-order valence-corrected chi connectivity index (χ4v) is 4.71. The van der Waals surface area contributed by atoms with Crippen molar-refractivity contribution in [2.45, 2.75) is 25.8 Å². The number of nitrogens with one attached hydrogen (secondary N) is 1. The Bertz CT molecular complexity index is 1160. The van der Waals surface area contributed by atoms with E-state index in [2.05, 4.69) is 5.32 Å². The van der Waals surface area contributed by atoms with Crippen LogP contribution in [0.3, 0.4) is 0 Å². The third-order valence-electron chi connectivity index (χ3n) is 5.46. The summed E-state index contributed by atoms with van der Waals surface area (Å²) in [4.78, 5) is 12.9. The number of ether oxygens (including phenoxy) is 1. The van der Waals surface area contributed by atoms with Crippen LogP contribution in [-0.2, 0) is 14.8 Å². The van der Waals surface area contributed by atoms with Crippen LogP contribution in [0.5, 0.6) is 5.75 Å². The van der Waals surface area contributed by atoms with E-state index in [-0.39, 0.29) is 24.9 Å². The molecule has 0 aliphatic heterocycles. The first-order valence-electron chi connectivity index (χ1n) is 10.8. The Hall–Kier alpha value is -3.32. The first-order valence-corrected chi connectivity index (χ1v) is 12.7. The Morgan fingerprint density at radius 1 is 0.970 bits per heavy atom. The monoisotopic (exact) mass is 466 g/mol. The van der Waals surface area contributed by atoms with Gasteiger partial charge in [0.1, 0.15) is 5.75 Å². The highest BCUT2D eigenvalue weighted by Gasteiger charge is 2.20. The molecule has 0 bridgehead atoms. The summed E-state index contributed by atoms with van der Waals surface area (Å²) >= 11 is 0. The number of benzene rings is 3. The highest BCUT2D eigenvalue weighted by molar-refractivity contribution is 7.92. The fraction of sp³-hybridized carbons (Fsp3) is 0.269. The standard InChI is InChI=1S/C26H30N2O4S/c1-20-10-7-8-13-24(20)26(21-11-5-4-6-12-21)27-25(29)14-9-19-28(33(3,30)31)22-15-17-23(32-2)18-16-22/h4-8,10-13,15-18,26H,9,14,19H2,1-3H3,(H,27,29)/t26-/m0/s1. The number of sulfonamides is 1. The van der Waals surface area contributed by atoms with Crippen molar-refractivity contribution in [2.75, 3.05) is 24.2 Å². The van der Waals surface area contributed by atoms with Crippen molar-refractivity contribution in [1.82, 2.24) is 5.32 Å². The van der Waals surface area contributed by atoms with Gasteiger partial charge in [-0.3, -0.25) is 9.10 Å². The van der Waals surface area contributed by atoms with Crippen molar-refractivity contribution >= 4 is 21.6 Å². The number of anilines is 1. The summed E-state index contributed by atoms with van der Waals surface area (Å²) in [7, 11) is -1.93. The number of carbonyl (C=O) groups is 1. The van der Waals surface area contributed by atoms with E-state index >= 15 is 0 Å². The lowest BCUT2D eigenvalue weighted by Crippen LogP contribution is -2.33. The second-order valence-electron chi connectivity index (χ2n) is 7.90. The SMILES string of the molecule is COc1ccc(N(CCCC(=O)N[C@@H](c2ccccc2)c2ccccc2C)S(C)(=O)=O)cc1. The molecular weight excluding hydrogens is 436 g/mol. The Morgan fingerprint density at radius 2 is 1.61 bits per heavy atom. The van der Waals surface area contributed by atoms with Crippen LogP contribution in [0.15, 0.2) is 78.9 Å². The van der Waals surface area contributed by atoms with Gasteiger partial charge in [0.15, 0.2) is 0 Å². The minimum absolute atomic E-state index is 0.129. The van der Waals surface area contributed by atoms with Gasteiger partial charge in [0, 0.05) is 13.0 Å². The summed E-state index contributed by atoms with van der Waals surface area (Å²) in [6.45, 7) is 2.23. The van der Waals surface area contributed by atoms with E-state index in [0.29, 0.717) is 17.9 Å². The highest BCUT2D eigenvalue weighted by Crippen LogP contribution is 2.25. The third kappa shape index (κ3) is 6.58. The molecule has 1 atom stereocenters. The fourth-order valence-electron chi connectivity index (χ4n) is 3.75. The van der Waals surface area contributed by atoms with E-state index in [1.54, 1.807) is 31.4 Å². The molecule has 1 amide bonds. The van der Waals surface area contributed by atoms with Gasteiger partial charge < -0.3 is 10.1 Å². The molecule has 6 nitrogen and oxygen atoms in total. The molecule has 3 aromatic carbocycles. The van der Waals surface area contributed by atoms with E-state index in [4.69, 9.17) is 4.74 Å². The number of hydrogen-bond donors (Lipinski definition) is 1. The van der Waals surface area contributed by atoms with Crippen molar-refractivity contribution in [2.24, 2.45) is 0 Å². The van der Waals surface area contributed by atoms with E-state index < -0.39 is 10.0 Å². The Labute approximate surface area is 196 Å². The molecule has 0 radical (unpaired) electrons. The lowest BCUT2D eigenvalue weighted by atomic mass is 9.95. The molecule has 0 heterocycles. The van der Waals surface area contributed by atoms with E-state index in [0.717, 1.165) is 16.7 Å². The number of aryl methyl sites for hydroxylation is 1. The van der Waals surface area contributed by atoms with Gasteiger partial charge in [0.25, 0.3) is 0 Å². The zero-order valence-electron chi connectivity index (χ0n) is 19.2. The lowest BCUT2D eigenvalue weighted by molar-refractivity contribution is -0.121. The minimum Gasteiger partial charge on any atom is -0.497 e. The van der Waals surface area contributed by atoms with Crippen LogP contribution >= 0.6 is 0 Å². The molecule has 0 saturated carbocycles. The topological polar surface area (TPSA) is 75.7 Å². The maximum Gasteiger partial charge on any atom is 0.232 e. The quantitative estimate of drug-likeness (QED) is 0.479. The number of carbonyl (C=O) groups excluding carboxylic acids is 1. The maximum absolute atomic E-state index is 12.9. The van der Waals surface area contributed by atoms with Crippen LogP contribution in [0, 0.1) is 6.92 Å². The number of methoxy groups -OCH3 is 1. The summed E-state index contributed by atoms with van der Waals surface area (Å²) < 4.78 is 31.1. The van der Waals surface area contributed by atoms with Crippen LogP contribution in [0.25, 0.3) is 0 Å². The van der Waals surface area contributed by atoms with Gasteiger partial charge in [-0.15, -0.1) is 0 Å². The summed E-state index contributed by atoms with van der Waals surface area (Å²) in [6.07, 6.45) is 1.76. The Morgan fingerprint density at radius 3 is 2.21 bits per heavy atom. The zero-order chi connectivity index (χ0) is 23.8. The first-order chi connectivity index (χ1) is 15.8. The zero-order valence-corrected chi connectivity index (χ0v) is 20.0. The molecule has 0 aliphatic rings. The predicted molar refractivity (Wildman–Crippen MR) is 132 cm³/mol. The van der Waals surface area contributed by atoms with E-state index in [1.807, 2.05) is 61.5 Å². The third-order valence-corrected chi connectivity index (χ3v) is 6.66. The molecule has 174 valence electrons. The number of nitrogens with zero attached hydrogens (tertiary/aromatic N) is 1. The largest absolute Gasteiger partial charge is 0.497 e. The minimum atomic E-state index is -3.49. The van der Waals surface area contributed by atoms with Crippen LogP contribution in [0.1, 0.15) is 35.6 Å². The molecule has 0 aliphatic carbocycles. The molecule has 0 fully saturated rings. The van der Waals surface area contributed by atoms with Crippen molar-refractivity contribution in [3.63, 3.8) is 0 Å².